The number of urea groups is 1. The van der Waals surface area contributed by atoms with Crippen LogP contribution in [0.15, 0.2) is 24.3 Å². The van der Waals surface area contributed by atoms with Crippen LogP contribution < -0.4 is 16.0 Å². The van der Waals surface area contributed by atoms with Crippen molar-refractivity contribution in [3.63, 3.8) is 0 Å². The van der Waals surface area contributed by atoms with E-state index in [2.05, 4.69) is 16.0 Å². The average molecular weight is 275 g/mol. The summed E-state index contributed by atoms with van der Waals surface area (Å²) in [5.41, 5.74) is 1.25. The minimum Gasteiger partial charge on any atom is -0.326 e. The van der Waals surface area contributed by atoms with Crippen molar-refractivity contribution >= 4 is 23.5 Å². The molecule has 1 fully saturated rings. The van der Waals surface area contributed by atoms with Crippen LogP contribution in [0.3, 0.4) is 0 Å². The molecule has 4 amide bonds. The third-order valence-electron chi connectivity index (χ3n) is 2.87. The highest BCUT2D eigenvalue weighted by atomic mass is 16.2. The van der Waals surface area contributed by atoms with Crippen molar-refractivity contribution < 1.29 is 14.4 Å². The molecule has 0 aromatic heterocycles. The Kier molecular flexibility index (Phi) is 4.02. The maximum Gasteiger partial charge on any atom is 0.322 e. The Labute approximate surface area is 116 Å². The minimum atomic E-state index is -0.704. The van der Waals surface area contributed by atoms with Crippen molar-refractivity contribution in [2.24, 2.45) is 5.92 Å². The second-order valence-corrected chi connectivity index (χ2v) is 5.17. The molecule has 0 radical (unpaired) electrons. The summed E-state index contributed by atoms with van der Waals surface area (Å²) in [6, 6.07) is 5.69. The molecule has 0 bridgehead atoms. The summed E-state index contributed by atoms with van der Waals surface area (Å²) < 4.78 is 0. The first-order valence-electron chi connectivity index (χ1n) is 6.47. The van der Waals surface area contributed by atoms with Gasteiger partial charge in [-0.25, -0.2) is 4.79 Å². The standard InChI is InChI=1S/C14H17N3O3/c1-8(2)6-11(18)15-10-5-3-4-9(7-10)12-13(19)17-14(20)16-12/h3-5,7-8,12H,6H2,1-2H3,(H,15,18)(H2,16,17,19,20). The van der Waals surface area contributed by atoms with E-state index in [1.807, 2.05) is 13.8 Å². The molecule has 6 nitrogen and oxygen atoms in total. The first-order chi connectivity index (χ1) is 9.45. The van der Waals surface area contributed by atoms with Gasteiger partial charge in [-0.2, -0.15) is 0 Å². The van der Waals surface area contributed by atoms with Crippen molar-refractivity contribution in [2.75, 3.05) is 5.32 Å². The number of hydrogen-bond donors (Lipinski definition) is 3. The molecule has 1 heterocycles. The van der Waals surface area contributed by atoms with Crippen molar-refractivity contribution in [3.8, 4) is 0 Å². The molecule has 2 rings (SSSR count). The molecule has 0 saturated carbocycles. The summed E-state index contributed by atoms with van der Waals surface area (Å²) >= 11 is 0. The number of benzene rings is 1. The van der Waals surface area contributed by atoms with Gasteiger partial charge in [0.05, 0.1) is 0 Å². The molecule has 1 aliphatic heterocycles. The summed E-state index contributed by atoms with van der Waals surface area (Å²) in [5.74, 6) is -0.184. The van der Waals surface area contributed by atoms with Crippen LogP contribution in [0.2, 0.25) is 0 Å². The van der Waals surface area contributed by atoms with Gasteiger partial charge in [-0.1, -0.05) is 26.0 Å². The molecule has 1 atom stereocenters. The number of hydrogen-bond acceptors (Lipinski definition) is 3. The summed E-state index contributed by atoms with van der Waals surface area (Å²) in [5, 5.41) is 7.48. The van der Waals surface area contributed by atoms with E-state index in [0.29, 0.717) is 17.7 Å². The Morgan fingerprint density at radius 1 is 1.35 bits per heavy atom. The number of carbonyl (C=O) groups excluding carboxylic acids is 3. The van der Waals surface area contributed by atoms with E-state index in [1.54, 1.807) is 24.3 Å². The van der Waals surface area contributed by atoms with E-state index < -0.39 is 12.1 Å². The van der Waals surface area contributed by atoms with E-state index in [1.165, 1.54) is 0 Å². The lowest BCUT2D eigenvalue weighted by Crippen LogP contribution is -2.22. The highest BCUT2D eigenvalue weighted by molar-refractivity contribution is 6.04. The van der Waals surface area contributed by atoms with Crippen LogP contribution in [0.4, 0.5) is 10.5 Å². The predicted molar refractivity (Wildman–Crippen MR) is 73.9 cm³/mol. The molecule has 1 aromatic carbocycles. The van der Waals surface area contributed by atoms with Crippen molar-refractivity contribution in [1.29, 1.82) is 0 Å². The quantitative estimate of drug-likeness (QED) is 0.729. The van der Waals surface area contributed by atoms with Gasteiger partial charge in [0.25, 0.3) is 5.91 Å². The Morgan fingerprint density at radius 2 is 2.10 bits per heavy atom. The predicted octanol–water partition coefficient (Wildman–Crippen LogP) is 1.55. The van der Waals surface area contributed by atoms with Crippen molar-refractivity contribution in [3.05, 3.63) is 29.8 Å². The van der Waals surface area contributed by atoms with Crippen molar-refractivity contribution in [1.82, 2.24) is 10.6 Å². The van der Waals surface area contributed by atoms with E-state index in [4.69, 9.17) is 0 Å². The second-order valence-electron chi connectivity index (χ2n) is 5.17. The number of anilines is 1. The van der Waals surface area contributed by atoms with Crippen LogP contribution in [0.25, 0.3) is 0 Å². The Morgan fingerprint density at radius 3 is 2.70 bits per heavy atom. The largest absolute Gasteiger partial charge is 0.326 e. The van der Waals surface area contributed by atoms with Crippen molar-refractivity contribution in [2.45, 2.75) is 26.3 Å². The highest BCUT2D eigenvalue weighted by Gasteiger charge is 2.30. The zero-order valence-corrected chi connectivity index (χ0v) is 11.4. The summed E-state index contributed by atoms with van der Waals surface area (Å²) in [6.07, 6.45) is 0.435. The van der Waals surface area contributed by atoms with Crippen LogP contribution in [-0.2, 0) is 9.59 Å². The van der Waals surface area contributed by atoms with Gasteiger partial charge in [0.1, 0.15) is 6.04 Å². The molecule has 3 N–H and O–H groups in total. The van der Waals surface area contributed by atoms with Gasteiger partial charge in [-0.15, -0.1) is 0 Å². The fourth-order valence-corrected chi connectivity index (χ4v) is 2.03. The lowest BCUT2D eigenvalue weighted by atomic mass is 10.1. The third kappa shape index (κ3) is 3.34. The van der Waals surface area contributed by atoms with Crippen LogP contribution in [0.1, 0.15) is 31.9 Å². The van der Waals surface area contributed by atoms with Gasteiger partial charge >= 0.3 is 6.03 Å². The number of rotatable bonds is 4. The number of imide groups is 1. The lowest BCUT2D eigenvalue weighted by Gasteiger charge is -2.11. The first-order valence-corrected chi connectivity index (χ1v) is 6.47. The van der Waals surface area contributed by atoms with Crippen LogP contribution in [-0.4, -0.2) is 17.8 Å². The Balaban J connectivity index is 2.10. The zero-order valence-electron chi connectivity index (χ0n) is 11.4. The molecule has 6 heteroatoms. The number of carbonyl (C=O) groups is 3. The molecular weight excluding hydrogens is 258 g/mol. The van der Waals surface area contributed by atoms with Crippen LogP contribution >= 0.6 is 0 Å². The maximum atomic E-state index is 11.7. The van der Waals surface area contributed by atoms with Gasteiger partial charge in [0.2, 0.25) is 5.91 Å². The molecule has 20 heavy (non-hydrogen) atoms. The molecule has 0 spiro atoms. The normalized spacial score (nSPS) is 17.9. The van der Waals surface area contributed by atoms with Gasteiger partial charge < -0.3 is 10.6 Å². The maximum absolute atomic E-state index is 11.7. The van der Waals surface area contributed by atoms with Gasteiger partial charge in [-0.05, 0) is 23.6 Å². The van der Waals surface area contributed by atoms with Gasteiger partial charge in [0, 0.05) is 12.1 Å². The van der Waals surface area contributed by atoms with E-state index in [9.17, 15) is 14.4 Å². The topological polar surface area (TPSA) is 87.3 Å². The van der Waals surface area contributed by atoms with E-state index in [-0.39, 0.29) is 17.7 Å². The third-order valence-corrected chi connectivity index (χ3v) is 2.87. The summed E-state index contributed by atoms with van der Waals surface area (Å²) in [6.45, 7) is 3.93. The lowest BCUT2D eigenvalue weighted by molar-refractivity contribution is -0.120. The Hall–Kier alpha value is -2.37. The minimum absolute atomic E-state index is 0.0722. The van der Waals surface area contributed by atoms with E-state index >= 15 is 0 Å². The van der Waals surface area contributed by atoms with Crippen LogP contribution in [0, 0.1) is 5.92 Å². The van der Waals surface area contributed by atoms with Crippen LogP contribution in [0.5, 0.6) is 0 Å². The molecule has 106 valence electrons. The molecule has 0 aliphatic carbocycles. The van der Waals surface area contributed by atoms with E-state index in [0.717, 1.165) is 0 Å². The average Bonchev–Trinajstić information content (AvgIpc) is 2.67. The second kappa shape index (κ2) is 5.73. The SMILES string of the molecule is CC(C)CC(=O)Nc1cccc(C2NC(=O)NC2=O)c1. The van der Waals surface area contributed by atoms with Gasteiger partial charge in [0.15, 0.2) is 0 Å². The molecule has 1 saturated heterocycles. The monoisotopic (exact) mass is 275 g/mol. The zero-order chi connectivity index (χ0) is 14.7. The van der Waals surface area contributed by atoms with Gasteiger partial charge in [-0.3, -0.25) is 14.9 Å². The number of nitrogens with one attached hydrogen (secondary N) is 3. The fourth-order valence-electron chi connectivity index (χ4n) is 2.03. The highest BCUT2D eigenvalue weighted by Crippen LogP contribution is 2.20. The summed E-state index contributed by atoms with van der Waals surface area (Å²) in [7, 11) is 0. The molecule has 1 aliphatic rings. The first kappa shape index (κ1) is 14.0. The summed E-state index contributed by atoms with van der Waals surface area (Å²) in [4.78, 5) is 34.4. The smallest absolute Gasteiger partial charge is 0.322 e. The fraction of sp³-hybridized carbons (Fsp3) is 0.357. The Bertz CT molecular complexity index is 554. The number of amides is 4. The molecular formula is C14H17N3O3. The molecule has 1 aromatic rings. The molecule has 1 unspecified atom stereocenters.